The molecule has 0 radical (unpaired) electrons. The Hall–Kier alpha value is -1.91. The van der Waals surface area contributed by atoms with Crippen LogP contribution in [-0.4, -0.2) is 38.3 Å². The first-order chi connectivity index (χ1) is 10.3. The van der Waals surface area contributed by atoms with Crippen LogP contribution in [0.15, 0.2) is 18.2 Å². The highest BCUT2D eigenvalue weighted by atomic mass is 16.5. The number of urea groups is 1. The SMILES string of the molecule is CCCNC(=O)N[C@H]1CCN(c2cccc3c2CCO3)C1. The lowest BCUT2D eigenvalue weighted by molar-refractivity contribution is 0.238. The first-order valence-electron chi connectivity index (χ1n) is 7.82. The topological polar surface area (TPSA) is 53.6 Å². The summed E-state index contributed by atoms with van der Waals surface area (Å²) < 4.78 is 5.63. The summed E-state index contributed by atoms with van der Waals surface area (Å²) in [5.41, 5.74) is 2.58. The summed E-state index contributed by atoms with van der Waals surface area (Å²) in [4.78, 5) is 14.1. The van der Waals surface area contributed by atoms with Crippen LogP contribution < -0.4 is 20.3 Å². The molecule has 0 saturated carbocycles. The molecule has 1 aromatic carbocycles. The zero-order valence-corrected chi connectivity index (χ0v) is 12.5. The summed E-state index contributed by atoms with van der Waals surface area (Å²) >= 11 is 0. The molecule has 0 spiro atoms. The second-order valence-electron chi connectivity index (χ2n) is 5.68. The number of ether oxygens (including phenoxy) is 1. The quantitative estimate of drug-likeness (QED) is 0.890. The number of anilines is 1. The monoisotopic (exact) mass is 289 g/mol. The molecule has 1 fully saturated rings. The zero-order chi connectivity index (χ0) is 14.7. The van der Waals surface area contributed by atoms with E-state index in [0.29, 0.717) is 0 Å². The fourth-order valence-corrected chi connectivity index (χ4v) is 3.07. The lowest BCUT2D eigenvalue weighted by atomic mass is 10.1. The largest absolute Gasteiger partial charge is 0.493 e. The molecular formula is C16H23N3O2. The minimum Gasteiger partial charge on any atom is -0.493 e. The summed E-state index contributed by atoms with van der Waals surface area (Å²) in [5, 5.41) is 5.93. The second-order valence-corrected chi connectivity index (χ2v) is 5.68. The van der Waals surface area contributed by atoms with Crippen LogP contribution in [0.25, 0.3) is 0 Å². The van der Waals surface area contributed by atoms with Gasteiger partial charge in [0, 0.05) is 43.3 Å². The van der Waals surface area contributed by atoms with Crippen LogP contribution >= 0.6 is 0 Å². The number of rotatable bonds is 4. The molecule has 1 saturated heterocycles. The minimum atomic E-state index is -0.0506. The molecule has 0 aliphatic carbocycles. The van der Waals surface area contributed by atoms with Crippen LogP contribution in [0.2, 0.25) is 0 Å². The van der Waals surface area contributed by atoms with Crippen molar-refractivity contribution < 1.29 is 9.53 Å². The van der Waals surface area contributed by atoms with E-state index in [-0.39, 0.29) is 12.1 Å². The number of nitrogens with one attached hydrogen (secondary N) is 2. The molecule has 2 amide bonds. The van der Waals surface area contributed by atoms with Crippen LogP contribution in [0, 0.1) is 0 Å². The Morgan fingerprint density at radius 1 is 1.48 bits per heavy atom. The van der Waals surface area contributed by atoms with Crippen LogP contribution in [0.5, 0.6) is 5.75 Å². The van der Waals surface area contributed by atoms with Crippen molar-refractivity contribution in [2.75, 3.05) is 31.1 Å². The fraction of sp³-hybridized carbons (Fsp3) is 0.562. The van der Waals surface area contributed by atoms with Crippen molar-refractivity contribution in [3.63, 3.8) is 0 Å². The molecule has 0 bridgehead atoms. The minimum absolute atomic E-state index is 0.0506. The van der Waals surface area contributed by atoms with E-state index in [4.69, 9.17) is 4.74 Å². The lowest BCUT2D eigenvalue weighted by Gasteiger charge is -2.21. The van der Waals surface area contributed by atoms with E-state index in [0.717, 1.165) is 51.3 Å². The predicted octanol–water partition coefficient (Wildman–Crippen LogP) is 1.91. The third-order valence-corrected chi connectivity index (χ3v) is 4.12. The van der Waals surface area contributed by atoms with Crippen molar-refractivity contribution in [1.29, 1.82) is 0 Å². The summed E-state index contributed by atoms with van der Waals surface area (Å²) in [6.07, 6.45) is 2.93. The van der Waals surface area contributed by atoms with Crippen LogP contribution in [-0.2, 0) is 6.42 Å². The molecule has 5 heteroatoms. The number of carbonyl (C=O) groups excluding carboxylic acids is 1. The van der Waals surface area contributed by atoms with Gasteiger partial charge in [-0.1, -0.05) is 13.0 Å². The van der Waals surface area contributed by atoms with Gasteiger partial charge in [0.25, 0.3) is 0 Å². The molecule has 5 nitrogen and oxygen atoms in total. The van der Waals surface area contributed by atoms with Gasteiger partial charge in [-0.3, -0.25) is 0 Å². The Morgan fingerprint density at radius 3 is 3.24 bits per heavy atom. The Morgan fingerprint density at radius 2 is 2.38 bits per heavy atom. The van der Waals surface area contributed by atoms with Crippen molar-refractivity contribution >= 4 is 11.7 Å². The number of benzene rings is 1. The maximum atomic E-state index is 11.7. The van der Waals surface area contributed by atoms with E-state index in [1.54, 1.807) is 0 Å². The van der Waals surface area contributed by atoms with Crippen molar-refractivity contribution in [2.45, 2.75) is 32.2 Å². The first kappa shape index (κ1) is 14.0. The van der Waals surface area contributed by atoms with Gasteiger partial charge >= 0.3 is 6.03 Å². The van der Waals surface area contributed by atoms with Crippen molar-refractivity contribution in [2.24, 2.45) is 0 Å². The standard InChI is InChI=1S/C16H23N3O2/c1-2-8-17-16(20)18-12-6-9-19(11-12)14-4-3-5-15-13(14)7-10-21-15/h3-5,12H,2,6-11H2,1H3,(H2,17,18,20)/t12-/m0/s1. The van der Waals surface area contributed by atoms with Gasteiger partial charge in [0.05, 0.1) is 6.61 Å². The van der Waals surface area contributed by atoms with Gasteiger partial charge in [0.2, 0.25) is 0 Å². The molecule has 2 aliphatic rings. The summed E-state index contributed by atoms with van der Waals surface area (Å²) in [7, 11) is 0. The summed E-state index contributed by atoms with van der Waals surface area (Å²) in [6.45, 7) is 5.41. The average Bonchev–Trinajstić information content (AvgIpc) is 3.13. The Labute approximate surface area is 125 Å². The number of carbonyl (C=O) groups is 1. The molecule has 2 heterocycles. The number of fused-ring (bicyclic) bond motifs is 1. The average molecular weight is 289 g/mol. The molecule has 3 rings (SSSR count). The number of nitrogens with zero attached hydrogens (tertiary/aromatic N) is 1. The van der Waals surface area contributed by atoms with E-state index in [1.807, 2.05) is 12.1 Å². The van der Waals surface area contributed by atoms with Crippen LogP contribution in [0.1, 0.15) is 25.3 Å². The van der Waals surface area contributed by atoms with Crippen molar-refractivity contribution in [3.8, 4) is 5.75 Å². The summed E-state index contributed by atoms with van der Waals surface area (Å²) in [5.74, 6) is 1.02. The van der Waals surface area contributed by atoms with Gasteiger partial charge in [-0.25, -0.2) is 4.79 Å². The van der Waals surface area contributed by atoms with Gasteiger partial charge in [-0.15, -0.1) is 0 Å². The Balaban J connectivity index is 1.60. The zero-order valence-electron chi connectivity index (χ0n) is 12.5. The van der Waals surface area contributed by atoms with E-state index in [9.17, 15) is 4.79 Å². The third-order valence-electron chi connectivity index (χ3n) is 4.12. The highest BCUT2D eigenvalue weighted by Gasteiger charge is 2.27. The molecule has 21 heavy (non-hydrogen) atoms. The maximum Gasteiger partial charge on any atom is 0.315 e. The fourth-order valence-electron chi connectivity index (χ4n) is 3.07. The molecule has 2 N–H and O–H groups in total. The summed E-state index contributed by atoms with van der Waals surface area (Å²) in [6, 6.07) is 6.42. The van der Waals surface area contributed by atoms with Gasteiger partial charge in [0.1, 0.15) is 5.75 Å². The van der Waals surface area contributed by atoms with Crippen LogP contribution in [0.4, 0.5) is 10.5 Å². The van der Waals surface area contributed by atoms with Crippen molar-refractivity contribution in [3.05, 3.63) is 23.8 Å². The number of amides is 2. The Kier molecular flexibility index (Phi) is 4.18. The highest BCUT2D eigenvalue weighted by Crippen LogP contribution is 2.35. The Bertz CT molecular complexity index is 518. The highest BCUT2D eigenvalue weighted by molar-refractivity contribution is 5.74. The van der Waals surface area contributed by atoms with Gasteiger partial charge in [-0.05, 0) is 25.0 Å². The molecule has 2 aliphatic heterocycles. The number of hydrogen-bond donors (Lipinski definition) is 2. The molecule has 1 aromatic rings. The van der Waals surface area contributed by atoms with Crippen LogP contribution in [0.3, 0.4) is 0 Å². The lowest BCUT2D eigenvalue weighted by Crippen LogP contribution is -2.43. The number of hydrogen-bond acceptors (Lipinski definition) is 3. The van der Waals surface area contributed by atoms with Gasteiger partial charge < -0.3 is 20.3 Å². The smallest absolute Gasteiger partial charge is 0.315 e. The van der Waals surface area contributed by atoms with Gasteiger partial charge in [-0.2, -0.15) is 0 Å². The predicted molar refractivity (Wildman–Crippen MR) is 83.1 cm³/mol. The van der Waals surface area contributed by atoms with Gasteiger partial charge in [0.15, 0.2) is 0 Å². The molecular weight excluding hydrogens is 266 g/mol. The molecule has 1 atom stereocenters. The second kappa shape index (κ2) is 6.24. The molecule has 114 valence electrons. The van der Waals surface area contributed by atoms with E-state index in [2.05, 4.69) is 28.5 Å². The van der Waals surface area contributed by atoms with E-state index >= 15 is 0 Å². The van der Waals surface area contributed by atoms with E-state index in [1.165, 1.54) is 11.3 Å². The maximum absolute atomic E-state index is 11.7. The van der Waals surface area contributed by atoms with E-state index < -0.39 is 0 Å². The molecule has 0 unspecified atom stereocenters. The first-order valence-corrected chi connectivity index (χ1v) is 7.82. The van der Waals surface area contributed by atoms with Crippen molar-refractivity contribution in [1.82, 2.24) is 10.6 Å². The third kappa shape index (κ3) is 3.06. The molecule has 0 aromatic heterocycles. The normalized spacial score (nSPS) is 20.0.